The summed E-state index contributed by atoms with van der Waals surface area (Å²) < 4.78 is 34.2. The molecule has 2 aliphatic heterocycles. The highest BCUT2D eigenvalue weighted by Crippen LogP contribution is 2.40. The van der Waals surface area contributed by atoms with Gasteiger partial charge in [0, 0.05) is 35.8 Å². The van der Waals surface area contributed by atoms with Crippen LogP contribution in [0, 0.1) is 6.92 Å². The Balaban J connectivity index is 1.47. The highest BCUT2D eigenvalue weighted by Gasteiger charge is 2.30. The molecule has 1 unspecified atom stereocenters. The van der Waals surface area contributed by atoms with E-state index >= 15 is 0 Å². The molecule has 0 radical (unpaired) electrons. The largest absolute Gasteiger partial charge is 0.493 e. The van der Waals surface area contributed by atoms with Gasteiger partial charge in [-0.25, -0.2) is 8.42 Å². The van der Waals surface area contributed by atoms with Crippen LogP contribution in [0.4, 0.5) is 5.69 Å². The molecule has 1 saturated heterocycles. The van der Waals surface area contributed by atoms with Gasteiger partial charge in [-0.05, 0) is 69.5 Å². The lowest BCUT2D eigenvalue weighted by Gasteiger charge is -2.30. The van der Waals surface area contributed by atoms with Crippen LogP contribution in [-0.2, 0) is 10.0 Å². The van der Waals surface area contributed by atoms with Crippen molar-refractivity contribution in [2.75, 3.05) is 36.3 Å². The molecule has 0 spiro atoms. The number of ether oxygens (including phenoxy) is 1. The minimum atomic E-state index is -3.60. The summed E-state index contributed by atoms with van der Waals surface area (Å²) in [5.74, 6) is 1.47. The standard InChI is InChI=1S/C23H30N2O3S2/c1-18-6-3-8-21(16-18)30(26,27)25-13-15-29-23-10-9-20(17-22(23)25)28-14-5-12-24-11-4-7-19(24)2/h3,6,8-10,16-17,19H,4-5,7,11-15H2,1-2H3. The van der Waals surface area contributed by atoms with E-state index < -0.39 is 10.0 Å². The molecule has 0 aliphatic carbocycles. The molecule has 7 heteroatoms. The number of hydrogen-bond donors (Lipinski definition) is 0. The van der Waals surface area contributed by atoms with Gasteiger partial charge >= 0.3 is 0 Å². The Morgan fingerprint density at radius 1 is 1.17 bits per heavy atom. The van der Waals surface area contributed by atoms with E-state index in [9.17, 15) is 8.42 Å². The van der Waals surface area contributed by atoms with Gasteiger partial charge in [0.1, 0.15) is 5.75 Å². The topological polar surface area (TPSA) is 49.9 Å². The molecule has 2 aromatic rings. The Bertz CT molecular complexity index is 994. The fraction of sp³-hybridized carbons (Fsp3) is 0.478. The molecule has 0 saturated carbocycles. The number of benzene rings is 2. The van der Waals surface area contributed by atoms with Crippen molar-refractivity contribution in [2.45, 2.75) is 48.9 Å². The number of fused-ring (bicyclic) bond motifs is 1. The number of hydrogen-bond acceptors (Lipinski definition) is 5. The highest BCUT2D eigenvalue weighted by atomic mass is 32.2. The minimum Gasteiger partial charge on any atom is -0.493 e. The van der Waals surface area contributed by atoms with E-state index in [0.29, 0.717) is 24.1 Å². The first kappa shape index (κ1) is 21.5. The summed E-state index contributed by atoms with van der Waals surface area (Å²) in [6.07, 6.45) is 3.55. The van der Waals surface area contributed by atoms with Crippen LogP contribution in [0.5, 0.6) is 5.75 Å². The third kappa shape index (κ3) is 4.63. The molecule has 2 heterocycles. The van der Waals surface area contributed by atoms with Crippen molar-refractivity contribution in [3.63, 3.8) is 0 Å². The van der Waals surface area contributed by atoms with Gasteiger partial charge in [0.25, 0.3) is 10.0 Å². The summed E-state index contributed by atoms with van der Waals surface area (Å²) in [7, 11) is -3.60. The fourth-order valence-electron chi connectivity index (χ4n) is 4.20. The smallest absolute Gasteiger partial charge is 0.264 e. The minimum absolute atomic E-state index is 0.339. The zero-order chi connectivity index (χ0) is 21.1. The lowest BCUT2D eigenvalue weighted by molar-refractivity contribution is 0.230. The average Bonchev–Trinajstić information content (AvgIpc) is 3.15. The lowest BCUT2D eigenvalue weighted by atomic mass is 10.2. The number of nitrogens with zero attached hydrogens (tertiary/aromatic N) is 2. The van der Waals surface area contributed by atoms with Gasteiger partial charge in [0.15, 0.2) is 0 Å². The predicted molar refractivity (Wildman–Crippen MR) is 123 cm³/mol. The molecule has 1 atom stereocenters. The first-order valence-electron chi connectivity index (χ1n) is 10.7. The number of sulfonamides is 1. The fourth-order valence-corrected chi connectivity index (χ4v) is 6.93. The third-order valence-corrected chi connectivity index (χ3v) is 8.73. The zero-order valence-electron chi connectivity index (χ0n) is 17.7. The summed E-state index contributed by atoms with van der Waals surface area (Å²) in [5, 5.41) is 0. The van der Waals surface area contributed by atoms with Crippen LogP contribution in [0.3, 0.4) is 0 Å². The SMILES string of the molecule is Cc1cccc(S(=O)(=O)N2CCSc3ccc(OCCCN4CCCC4C)cc32)c1. The molecule has 30 heavy (non-hydrogen) atoms. The van der Waals surface area contributed by atoms with Crippen molar-refractivity contribution in [3.8, 4) is 5.75 Å². The molecular formula is C23H30N2O3S2. The summed E-state index contributed by atoms with van der Waals surface area (Å²) >= 11 is 1.69. The molecule has 1 fully saturated rings. The van der Waals surface area contributed by atoms with Gasteiger partial charge in [-0.3, -0.25) is 4.31 Å². The number of rotatable bonds is 7. The van der Waals surface area contributed by atoms with Crippen molar-refractivity contribution < 1.29 is 13.2 Å². The van der Waals surface area contributed by atoms with Gasteiger partial charge in [0.2, 0.25) is 0 Å². The Morgan fingerprint density at radius 3 is 2.80 bits per heavy atom. The van der Waals surface area contributed by atoms with Crippen molar-refractivity contribution in [1.29, 1.82) is 0 Å². The third-order valence-electron chi connectivity index (χ3n) is 5.88. The maximum Gasteiger partial charge on any atom is 0.264 e. The van der Waals surface area contributed by atoms with Gasteiger partial charge in [-0.15, -0.1) is 11.8 Å². The maximum atomic E-state index is 13.3. The monoisotopic (exact) mass is 446 g/mol. The van der Waals surface area contributed by atoms with E-state index in [1.807, 2.05) is 31.2 Å². The number of aryl methyl sites for hydroxylation is 1. The summed E-state index contributed by atoms with van der Waals surface area (Å²) in [5.41, 5.74) is 1.66. The second-order valence-electron chi connectivity index (χ2n) is 8.10. The molecule has 0 amide bonds. The van der Waals surface area contributed by atoms with Crippen molar-refractivity contribution in [3.05, 3.63) is 48.0 Å². The van der Waals surface area contributed by atoms with Gasteiger partial charge in [-0.1, -0.05) is 12.1 Å². The molecule has 5 nitrogen and oxygen atoms in total. The van der Waals surface area contributed by atoms with E-state index in [1.54, 1.807) is 30.0 Å². The van der Waals surface area contributed by atoms with Crippen molar-refractivity contribution >= 4 is 27.5 Å². The van der Waals surface area contributed by atoms with Crippen LogP contribution in [0.15, 0.2) is 52.3 Å². The van der Waals surface area contributed by atoms with Crippen LogP contribution in [-0.4, -0.2) is 51.4 Å². The summed E-state index contributed by atoms with van der Waals surface area (Å²) in [6, 6.07) is 13.6. The Labute approximate surface area is 184 Å². The van der Waals surface area contributed by atoms with Crippen LogP contribution in [0.1, 0.15) is 31.7 Å². The van der Waals surface area contributed by atoms with Crippen LogP contribution < -0.4 is 9.04 Å². The first-order valence-corrected chi connectivity index (χ1v) is 13.1. The lowest BCUT2D eigenvalue weighted by Crippen LogP contribution is -2.35. The Hall–Kier alpha value is -1.70. The number of likely N-dealkylation sites (tertiary alicyclic amines) is 1. The van der Waals surface area contributed by atoms with Crippen LogP contribution in [0.2, 0.25) is 0 Å². The van der Waals surface area contributed by atoms with E-state index in [2.05, 4.69) is 11.8 Å². The van der Waals surface area contributed by atoms with Crippen molar-refractivity contribution in [2.24, 2.45) is 0 Å². The molecule has 162 valence electrons. The van der Waals surface area contributed by atoms with Gasteiger partial charge in [-0.2, -0.15) is 0 Å². The van der Waals surface area contributed by atoms with Crippen LogP contribution >= 0.6 is 11.8 Å². The van der Waals surface area contributed by atoms with Crippen molar-refractivity contribution in [1.82, 2.24) is 4.90 Å². The maximum absolute atomic E-state index is 13.3. The second-order valence-corrected chi connectivity index (χ2v) is 11.1. The Kier molecular flexibility index (Phi) is 6.60. The number of thioether (sulfide) groups is 1. The predicted octanol–water partition coefficient (Wildman–Crippen LogP) is 4.55. The van der Waals surface area contributed by atoms with Gasteiger partial charge in [0.05, 0.1) is 17.2 Å². The number of anilines is 1. The van der Waals surface area contributed by atoms with Crippen LogP contribution in [0.25, 0.3) is 0 Å². The molecule has 0 N–H and O–H groups in total. The molecular weight excluding hydrogens is 416 g/mol. The summed E-state index contributed by atoms with van der Waals surface area (Å²) in [6.45, 7) is 7.54. The van der Waals surface area contributed by atoms with Gasteiger partial charge < -0.3 is 9.64 Å². The van der Waals surface area contributed by atoms with E-state index in [0.717, 1.165) is 40.6 Å². The Morgan fingerprint density at radius 2 is 2.03 bits per heavy atom. The average molecular weight is 447 g/mol. The molecule has 4 rings (SSSR count). The highest BCUT2D eigenvalue weighted by molar-refractivity contribution is 8.00. The molecule has 2 aliphatic rings. The normalized spacial score (nSPS) is 19.7. The molecule has 0 aromatic heterocycles. The van der Waals surface area contributed by atoms with E-state index in [4.69, 9.17) is 4.74 Å². The van der Waals surface area contributed by atoms with E-state index in [-0.39, 0.29) is 0 Å². The summed E-state index contributed by atoms with van der Waals surface area (Å²) in [4.78, 5) is 3.84. The quantitative estimate of drug-likeness (QED) is 0.584. The molecule has 2 aromatic carbocycles. The second kappa shape index (κ2) is 9.20. The first-order chi connectivity index (χ1) is 14.4. The zero-order valence-corrected chi connectivity index (χ0v) is 19.3. The van der Waals surface area contributed by atoms with E-state index in [1.165, 1.54) is 23.7 Å². The molecule has 0 bridgehead atoms.